The van der Waals surface area contributed by atoms with Crippen LogP contribution >= 0.6 is 11.6 Å². The van der Waals surface area contributed by atoms with Crippen LogP contribution in [0.15, 0.2) is 42.7 Å². The molecule has 0 saturated carbocycles. The van der Waals surface area contributed by atoms with Crippen molar-refractivity contribution in [3.8, 4) is 11.3 Å². The molecule has 0 bridgehead atoms. The van der Waals surface area contributed by atoms with Crippen molar-refractivity contribution in [2.45, 2.75) is 51.2 Å². The third kappa shape index (κ3) is 6.64. The zero-order chi connectivity index (χ0) is 30.6. The highest BCUT2D eigenvalue weighted by atomic mass is 35.5. The molecule has 6 rings (SSSR count). The smallest absolute Gasteiger partial charge is 0.254 e. The van der Waals surface area contributed by atoms with Crippen molar-refractivity contribution < 1.29 is 19.4 Å². The number of benzene rings is 1. The van der Waals surface area contributed by atoms with Crippen molar-refractivity contribution in [3.63, 3.8) is 0 Å². The number of nitrogens with one attached hydrogen (secondary N) is 2. The maximum absolute atomic E-state index is 13.5. The highest BCUT2D eigenvalue weighted by Gasteiger charge is 2.31. The van der Waals surface area contributed by atoms with E-state index in [1.165, 1.54) is 0 Å². The summed E-state index contributed by atoms with van der Waals surface area (Å²) in [5.74, 6) is 0.484. The van der Waals surface area contributed by atoms with Crippen LogP contribution in [0.4, 0.5) is 11.8 Å². The molecule has 3 aliphatic heterocycles. The van der Waals surface area contributed by atoms with Crippen LogP contribution in [0.1, 0.15) is 60.1 Å². The number of hydrogen-bond acceptors (Lipinski definition) is 9. The van der Waals surface area contributed by atoms with E-state index < -0.39 is 12.0 Å². The minimum absolute atomic E-state index is 0.143. The molecule has 0 radical (unpaired) electrons. The standard InChI is InChI=1S/C32H38ClN7O4/c1-20(30(42)37-27(19-41)21-6-9-34-28(15-21)39-10-2-3-11-39)17-40-18-23-5-4-22(14-25(23)31(40)43)29-26(33)16-35-32(38-29)36-24-7-12-44-13-8-24/h4-6,9,14-16,20,24,27,41H,2-3,7-8,10-13,17-19H2,1H3,(H,37,42)(H,35,36,38)/t20-,27+/m0/s1. The van der Waals surface area contributed by atoms with Gasteiger partial charge >= 0.3 is 0 Å². The number of carbonyl (C=O) groups excluding carboxylic acids is 2. The first kappa shape index (κ1) is 30.2. The lowest BCUT2D eigenvalue weighted by atomic mass is 10.0. The second-order valence-corrected chi connectivity index (χ2v) is 12.2. The van der Waals surface area contributed by atoms with Gasteiger partial charge in [-0.25, -0.2) is 15.0 Å². The molecule has 0 aliphatic carbocycles. The van der Waals surface area contributed by atoms with Crippen LogP contribution in [-0.2, 0) is 16.1 Å². The molecule has 2 saturated heterocycles. The third-order valence-electron chi connectivity index (χ3n) is 8.60. The molecule has 232 valence electrons. The molecule has 11 nitrogen and oxygen atoms in total. The van der Waals surface area contributed by atoms with E-state index in [9.17, 15) is 14.7 Å². The fraction of sp³-hybridized carbons (Fsp3) is 0.469. The number of nitrogens with zero attached hydrogens (tertiary/aromatic N) is 5. The van der Waals surface area contributed by atoms with E-state index in [1.54, 1.807) is 24.2 Å². The van der Waals surface area contributed by atoms with E-state index in [0.717, 1.165) is 61.3 Å². The summed E-state index contributed by atoms with van der Waals surface area (Å²) in [4.78, 5) is 44.1. The van der Waals surface area contributed by atoms with Gasteiger partial charge in [-0.05, 0) is 55.0 Å². The monoisotopic (exact) mass is 619 g/mol. The van der Waals surface area contributed by atoms with Gasteiger partial charge in [-0.2, -0.15) is 0 Å². The quantitative estimate of drug-likeness (QED) is 0.310. The fourth-order valence-electron chi connectivity index (χ4n) is 6.05. The molecular weight excluding hydrogens is 582 g/mol. The molecule has 3 aliphatic rings. The molecule has 2 atom stereocenters. The maximum atomic E-state index is 13.5. The number of aliphatic hydroxyl groups is 1. The van der Waals surface area contributed by atoms with Gasteiger partial charge in [-0.1, -0.05) is 30.7 Å². The Morgan fingerprint density at radius 2 is 1.95 bits per heavy atom. The number of aliphatic hydroxyl groups excluding tert-OH is 1. The van der Waals surface area contributed by atoms with E-state index in [4.69, 9.17) is 16.3 Å². The van der Waals surface area contributed by atoms with Gasteiger partial charge in [0.1, 0.15) is 5.82 Å². The Morgan fingerprint density at radius 3 is 2.73 bits per heavy atom. The van der Waals surface area contributed by atoms with Crippen LogP contribution in [-0.4, -0.2) is 82.3 Å². The number of amides is 2. The van der Waals surface area contributed by atoms with Crippen molar-refractivity contribution in [2.75, 3.05) is 49.7 Å². The van der Waals surface area contributed by atoms with Crippen molar-refractivity contribution in [3.05, 3.63) is 64.4 Å². The number of ether oxygens (including phenoxy) is 1. The number of rotatable bonds is 10. The van der Waals surface area contributed by atoms with Gasteiger partial charge in [0.15, 0.2) is 0 Å². The maximum Gasteiger partial charge on any atom is 0.254 e. The van der Waals surface area contributed by atoms with Crippen molar-refractivity contribution >= 4 is 35.2 Å². The van der Waals surface area contributed by atoms with E-state index in [1.807, 2.05) is 30.3 Å². The molecule has 44 heavy (non-hydrogen) atoms. The largest absolute Gasteiger partial charge is 0.394 e. The van der Waals surface area contributed by atoms with E-state index >= 15 is 0 Å². The minimum atomic E-state index is -0.563. The minimum Gasteiger partial charge on any atom is -0.394 e. The first-order valence-electron chi connectivity index (χ1n) is 15.3. The molecule has 0 unspecified atom stereocenters. The lowest BCUT2D eigenvalue weighted by Gasteiger charge is -2.24. The number of hydrogen-bond donors (Lipinski definition) is 3. The third-order valence-corrected chi connectivity index (χ3v) is 8.88. The summed E-state index contributed by atoms with van der Waals surface area (Å²) in [6, 6.07) is 9.07. The van der Waals surface area contributed by atoms with Crippen molar-refractivity contribution in [1.82, 2.24) is 25.2 Å². The van der Waals surface area contributed by atoms with Gasteiger partial charge in [-0.3, -0.25) is 9.59 Å². The molecule has 5 heterocycles. The van der Waals surface area contributed by atoms with Crippen LogP contribution in [0.25, 0.3) is 11.3 Å². The number of aromatic nitrogens is 3. The molecule has 2 fully saturated rings. The van der Waals surface area contributed by atoms with E-state index in [2.05, 4.69) is 30.5 Å². The molecule has 3 aromatic rings. The fourth-order valence-corrected chi connectivity index (χ4v) is 6.25. The molecule has 2 aromatic heterocycles. The Morgan fingerprint density at radius 1 is 1.16 bits per heavy atom. The van der Waals surface area contributed by atoms with Crippen LogP contribution in [0.5, 0.6) is 0 Å². The summed E-state index contributed by atoms with van der Waals surface area (Å²) in [6.07, 6.45) is 7.32. The average Bonchev–Trinajstić information content (AvgIpc) is 3.70. The van der Waals surface area contributed by atoms with Crippen LogP contribution < -0.4 is 15.5 Å². The second kappa shape index (κ2) is 13.5. The van der Waals surface area contributed by atoms with Crippen molar-refractivity contribution in [1.29, 1.82) is 0 Å². The summed E-state index contributed by atoms with van der Waals surface area (Å²) >= 11 is 6.50. The lowest BCUT2D eigenvalue weighted by molar-refractivity contribution is -0.126. The molecule has 12 heteroatoms. The molecule has 1 aromatic carbocycles. The van der Waals surface area contributed by atoms with Crippen molar-refractivity contribution in [2.24, 2.45) is 5.92 Å². The van der Waals surface area contributed by atoms with Gasteiger partial charge in [0, 0.05) is 62.8 Å². The van der Waals surface area contributed by atoms with Crippen LogP contribution in [0.2, 0.25) is 5.02 Å². The first-order valence-corrected chi connectivity index (χ1v) is 15.7. The molecule has 2 amide bonds. The lowest BCUT2D eigenvalue weighted by Crippen LogP contribution is -2.40. The van der Waals surface area contributed by atoms with Gasteiger partial charge in [0.25, 0.3) is 5.91 Å². The summed E-state index contributed by atoms with van der Waals surface area (Å²) in [5.41, 5.74) is 3.54. The van der Waals surface area contributed by atoms with Crippen LogP contribution in [0.3, 0.4) is 0 Å². The Balaban J connectivity index is 1.10. The Labute approximate surface area is 262 Å². The van der Waals surface area contributed by atoms with Gasteiger partial charge in [0.2, 0.25) is 11.9 Å². The summed E-state index contributed by atoms with van der Waals surface area (Å²) in [5, 5.41) is 16.8. The molecular formula is C32H38ClN7O4. The number of carbonyl (C=O) groups is 2. The Kier molecular flexibility index (Phi) is 9.25. The second-order valence-electron chi connectivity index (χ2n) is 11.8. The summed E-state index contributed by atoms with van der Waals surface area (Å²) < 4.78 is 5.43. The van der Waals surface area contributed by atoms with E-state index in [-0.39, 0.29) is 31.0 Å². The average molecular weight is 620 g/mol. The predicted molar refractivity (Wildman–Crippen MR) is 167 cm³/mol. The highest BCUT2D eigenvalue weighted by Crippen LogP contribution is 2.32. The van der Waals surface area contributed by atoms with Gasteiger partial charge in [-0.15, -0.1) is 0 Å². The SMILES string of the molecule is C[C@@H](CN1Cc2ccc(-c3nc(NC4CCOCC4)ncc3Cl)cc2C1=O)C(=O)N[C@H](CO)c1ccnc(N2CCCC2)c1. The predicted octanol–water partition coefficient (Wildman–Crippen LogP) is 3.82. The summed E-state index contributed by atoms with van der Waals surface area (Å²) in [6.45, 7) is 5.53. The summed E-state index contributed by atoms with van der Waals surface area (Å²) in [7, 11) is 0. The van der Waals surface area contributed by atoms with Crippen LogP contribution in [0, 0.1) is 5.92 Å². The number of anilines is 2. The highest BCUT2D eigenvalue weighted by molar-refractivity contribution is 6.33. The van der Waals surface area contributed by atoms with E-state index in [0.29, 0.717) is 42.0 Å². The zero-order valence-electron chi connectivity index (χ0n) is 24.8. The number of pyridine rings is 1. The zero-order valence-corrected chi connectivity index (χ0v) is 25.6. The van der Waals surface area contributed by atoms with Gasteiger partial charge in [0.05, 0.1) is 35.5 Å². The topological polar surface area (TPSA) is 133 Å². The van der Waals surface area contributed by atoms with Gasteiger partial charge < -0.3 is 30.3 Å². The normalized spacial score (nSPS) is 18.3. The molecule has 3 N–H and O–H groups in total. The number of halogens is 1. The number of fused-ring (bicyclic) bond motifs is 1. The Hall–Kier alpha value is -3.80. The Bertz CT molecular complexity index is 1510. The molecule has 0 spiro atoms. The first-order chi connectivity index (χ1) is 21.4.